The van der Waals surface area contributed by atoms with E-state index in [2.05, 4.69) is 0 Å². The Kier molecular flexibility index (Phi) is 5.09. The van der Waals surface area contributed by atoms with Crippen molar-refractivity contribution in [2.45, 2.75) is 37.1 Å². The Morgan fingerprint density at radius 1 is 1.11 bits per heavy atom. The Morgan fingerprint density at radius 3 is 2.54 bits per heavy atom. The van der Waals surface area contributed by atoms with E-state index in [1.165, 1.54) is 22.7 Å². The molecule has 1 saturated carbocycles. The summed E-state index contributed by atoms with van der Waals surface area (Å²) < 4.78 is 14.2. The average Bonchev–Trinajstić information content (AvgIpc) is 3.40. The van der Waals surface area contributed by atoms with Gasteiger partial charge in [0.2, 0.25) is 5.91 Å². The second-order valence-corrected chi connectivity index (χ2v) is 8.31. The number of carbonyl (C=O) groups excluding carboxylic acids is 4. The number of imide groups is 2. The molecule has 28 heavy (non-hydrogen) atoms. The Hall–Kier alpha value is -2.42. The van der Waals surface area contributed by atoms with Gasteiger partial charge in [-0.05, 0) is 18.9 Å². The van der Waals surface area contributed by atoms with Crippen LogP contribution in [0, 0.1) is 5.82 Å². The summed E-state index contributed by atoms with van der Waals surface area (Å²) in [6, 6.07) is 5.25. The van der Waals surface area contributed by atoms with Gasteiger partial charge >= 0.3 is 17.8 Å². The molecule has 9 heteroatoms. The molecule has 4 rings (SSSR count). The fourth-order valence-corrected chi connectivity index (χ4v) is 5.33. The number of rotatable bonds is 4. The van der Waals surface area contributed by atoms with Gasteiger partial charge in [0, 0.05) is 23.9 Å². The Balaban J connectivity index is 1.50. The number of benzene rings is 1. The van der Waals surface area contributed by atoms with Crippen LogP contribution in [0.1, 0.15) is 36.6 Å². The first-order valence-electron chi connectivity index (χ1n) is 9.33. The molecule has 0 bridgehead atoms. The molecular weight excluding hydrogens is 385 g/mol. The molecule has 0 N–H and O–H groups in total. The maximum absolute atomic E-state index is 14.2. The minimum atomic E-state index is -0.959. The first kappa shape index (κ1) is 18.9. The molecule has 2 saturated heterocycles. The zero-order valence-electron chi connectivity index (χ0n) is 15.2. The molecule has 2 heterocycles. The molecule has 0 spiro atoms. The monoisotopic (exact) mass is 405 g/mol. The molecule has 2 aliphatic heterocycles. The highest BCUT2D eigenvalue weighted by molar-refractivity contribution is 7.99. The van der Waals surface area contributed by atoms with E-state index in [4.69, 9.17) is 0 Å². The summed E-state index contributed by atoms with van der Waals surface area (Å²) in [4.78, 5) is 53.3. The van der Waals surface area contributed by atoms with Gasteiger partial charge in [-0.3, -0.25) is 19.3 Å². The van der Waals surface area contributed by atoms with Crippen molar-refractivity contribution < 1.29 is 23.6 Å². The second-order valence-electron chi connectivity index (χ2n) is 7.12. The van der Waals surface area contributed by atoms with Crippen molar-refractivity contribution in [2.75, 3.05) is 18.8 Å². The fraction of sp³-hybridized carbons (Fsp3) is 0.474. The van der Waals surface area contributed by atoms with Crippen LogP contribution in [0.25, 0.3) is 0 Å². The van der Waals surface area contributed by atoms with Crippen LogP contribution < -0.4 is 0 Å². The van der Waals surface area contributed by atoms with Crippen molar-refractivity contribution in [1.82, 2.24) is 14.7 Å². The van der Waals surface area contributed by atoms with Gasteiger partial charge in [0.1, 0.15) is 17.7 Å². The lowest BCUT2D eigenvalue weighted by Gasteiger charge is -2.26. The first-order chi connectivity index (χ1) is 13.5. The maximum Gasteiger partial charge on any atom is 0.334 e. The van der Waals surface area contributed by atoms with E-state index < -0.39 is 41.5 Å². The molecule has 0 radical (unpaired) electrons. The molecule has 0 unspecified atom stereocenters. The zero-order chi connectivity index (χ0) is 19.8. The van der Waals surface area contributed by atoms with E-state index in [-0.39, 0.29) is 6.04 Å². The minimum Gasteiger partial charge on any atom is -0.324 e. The van der Waals surface area contributed by atoms with Crippen molar-refractivity contribution in [3.8, 4) is 0 Å². The molecule has 1 aliphatic carbocycles. The van der Waals surface area contributed by atoms with E-state index in [0.717, 1.165) is 22.6 Å². The van der Waals surface area contributed by atoms with E-state index in [1.54, 1.807) is 18.2 Å². The van der Waals surface area contributed by atoms with Gasteiger partial charge in [-0.1, -0.05) is 31.0 Å². The van der Waals surface area contributed by atoms with Crippen molar-refractivity contribution in [2.24, 2.45) is 0 Å². The number of amides is 5. The largest absolute Gasteiger partial charge is 0.334 e. The third-order valence-corrected chi connectivity index (χ3v) is 6.69. The number of halogens is 1. The van der Waals surface area contributed by atoms with Gasteiger partial charge in [0.25, 0.3) is 0 Å². The normalized spacial score (nSPS) is 23.4. The maximum atomic E-state index is 14.2. The number of hydrogen-bond acceptors (Lipinski definition) is 5. The van der Waals surface area contributed by atoms with Crippen LogP contribution in [0.3, 0.4) is 0 Å². The Labute approximate surface area is 165 Å². The van der Waals surface area contributed by atoms with Gasteiger partial charge in [-0.2, -0.15) is 0 Å². The van der Waals surface area contributed by atoms with E-state index in [0.29, 0.717) is 30.7 Å². The van der Waals surface area contributed by atoms with Crippen LogP contribution in [0.15, 0.2) is 24.3 Å². The van der Waals surface area contributed by atoms with Gasteiger partial charge in [-0.25, -0.2) is 14.1 Å². The molecule has 5 amide bonds. The highest BCUT2D eigenvalue weighted by Gasteiger charge is 2.49. The Morgan fingerprint density at radius 2 is 1.82 bits per heavy atom. The van der Waals surface area contributed by atoms with E-state index in [9.17, 15) is 23.6 Å². The van der Waals surface area contributed by atoms with Crippen molar-refractivity contribution in [3.05, 3.63) is 35.6 Å². The van der Waals surface area contributed by atoms with Gasteiger partial charge in [0.05, 0.1) is 0 Å². The van der Waals surface area contributed by atoms with Gasteiger partial charge in [-0.15, -0.1) is 11.8 Å². The summed E-state index contributed by atoms with van der Waals surface area (Å²) in [5, 5.41) is -0.511. The van der Waals surface area contributed by atoms with Gasteiger partial charge < -0.3 is 4.90 Å². The molecule has 1 atom stereocenters. The lowest BCUT2D eigenvalue weighted by atomic mass is 10.2. The van der Waals surface area contributed by atoms with Crippen LogP contribution in [0.4, 0.5) is 9.18 Å². The number of nitrogens with zero attached hydrogens (tertiary/aromatic N) is 3. The average molecular weight is 405 g/mol. The predicted molar refractivity (Wildman–Crippen MR) is 99.5 cm³/mol. The van der Waals surface area contributed by atoms with Crippen molar-refractivity contribution in [3.63, 3.8) is 0 Å². The molecule has 0 aromatic heterocycles. The third-order valence-electron chi connectivity index (χ3n) is 5.45. The smallest absolute Gasteiger partial charge is 0.324 e. The number of thioether (sulfide) groups is 1. The number of carbonyl (C=O) groups is 4. The minimum absolute atomic E-state index is 0.266. The number of urea groups is 1. The molecule has 1 aromatic rings. The summed E-state index contributed by atoms with van der Waals surface area (Å²) in [5.74, 6) is -2.07. The fourth-order valence-electron chi connectivity index (χ4n) is 4.03. The van der Waals surface area contributed by atoms with Crippen LogP contribution in [-0.2, 0) is 14.4 Å². The highest BCUT2D eigenvalue weighted by atomic mass is 32.2. The van der Waals surface area contributed by atoms with Crippen molar-refractivity contribution >= 4 is 35.5 Å². The molecular formula is C19H20FN3O4S. The standard InChI is InChI=1S/C19H20FN3O4S/c20-14-8-4-3-7-13(14)18-21(9-10-28-18)15(24)11-22-16(25)17(26)23(19(22)27)12-5-1-2-6-12/h3-4,7-8,12,18H,1-2,5-6,9-11H2/t18-/m0/s1. The lowest BCUT2D eigenvalue weighted by molar-refractivity contribution is -0.145. The Bertz CT molecular complexity index is 842. The number of hydrogen-bond donors (Lipinski definition) is 0. The van der Waals surface area contributed by atoms with Gasteiger partial charge in [0.15, 0.2) is 0 Å². The zero-order valence-corrected chi connectivity index (χ0v) is 16.0. The van der Waals surface area contributed by atoms with E-state index >= 15 is 0 Å². The summed E-state index contributed by atoms with van der Waals surface area (Å²) in [6.07, 6.45) is 3.18. The predicted octanol–water partition coefficient (Wildman–Crippen LogP) is 2.13. The summed E-state index contributed by atoms with van der Waals surface area (Å²) in [5.41, 5.74) is 0.390. The second kappa shape index (κ2) is 7.54. The van der Waals surface area contributed by atoms with Crippen LogP contribution in [0.2, 0.25) is 0 Å². The first-order valence-corrected chi connectivity index (χ1v) is 10.4. The summed E-state index contributed by atoms with van der Waals surface area (Å²) in [7, 11) is 0. The van der Waals surface area contributed by atoms with Crippen LogP contribution in [-0.4, -0.2) is 63.3 Å². The molecule has 3 aliphatic rings. The summed E-state index contributed by atoms with van der Waals surface area (Å²) >= 11 is 1.43. The molecule has 3 fully saturated rings. The SMILES string of the molecule is O=C1C(=O)N(C2CCCC2)C(=O)N1CC(=O)N1CCS[C@H]1c1ccccc1F. The lowest BCUT2D eigenvalue weighted by Crippen LogP contribution is -2.44. The highest BCUT2D eigenvalue weighted by Crippen LogP contribution is 2.39. The molecule has 1 aromatic carbocycles. The van der Waals surface area contributed by atoms with Crippen LogP contribution >= 0.6 is 11.8 Å². The van der Waals surface area contributed by atoms with Crippen molar-refractivity contribution in [1.29, 1.82) is 0 Å². The molecule has 7 nitrogen and oxygen atoms in total. The van der Waals surface area contributed by atoms with E-state index in [1.807, 2.05) is 0 Å². The van der Waals surface area contributed by atoms with Crippen LogP contribution in [0.5, 0.6) is 0 Å². The quantitative estimate of drug-likeness (QED) is 0.567. The molecule has 148 valence electrons. The summed E-state index contributed by atoms with van der Waals surface area (Å²) in [6.45, 7) is -0.114. The topological polar surface area (TPSA) is 78.0 Å². The third kappa shape index (κ3) is 3.17.